The summed E-state index contributed by atoms with van der Waals surface area (Å²) < 4.78 is 0. The SMILES string of the molecule is CC1=CC=NC1=N. The zero-order valence-electron chi connectivity index (χ0n) is 4.10. The predicted molar refractivity (Wildman–Crippen MR) is 30.0 cm³/mol. The molecule has 0 aliphatic carbocycles. The van der Waals surface area contributed by atoms with Crippen LogP contribution in [0, 0.1) is 5.41 Å². The monoisotopic (exact) mass is 94.1 g/mol. The average molecular weight is 94.1 g/mol. The zero-order valence-corrected chi connectivity index (χ0v) is 4.10. The Morgan fingerprint density at radius 1 is 1.71 bits per heavy atom. The fourth-order valence-electron chi connectivity index (χ4n) is 0.404. The lowest BCUT2D eigenvalue weighted by Crippen LogP contribution is -1.84. The van der Waals surface area contributed by atoms with Gasteiger partial charge in [0.25, 0.3) is 0 Å². The van der Waals surface area contributed by atoms with Gasteiger partial charge in [0.05, 0.1) is 0 Å². The number of allylic oxidation sites excluding steroid dienone is 1. The highest BCUT2D eigenvalue weighted by atomic mass is 14.8. The van der Waals surface area contributed by atoms with E-state index in [4.69, 9.17) is 5.41 Å². The highest BCUT2D eigenvalue weighted by Gasteiger charge is 1.97. The van der Waals surface area contributed by atoms with Gasteiger partial charge in [0.1, 0.15) is 5.84 Å². The zero-order chi connectivity index (χ0) is 5.28. The highest BCUT2D eigenvalue weighted by molar-refractivity contribution is 6.08. The van der Waals surface area contributed by atoms with Crippen molar-refractivity contribution in [3.05, 3.63) is 11.6 Å². The van der Waals surface area contributed by atoms with Crippen LogP contribution < -0.4 is 0 Å². The van der Waals surface area contributed by atoms with Gasteiger partial charge in [-0.2, -0.15) is 0 Å². The summed E-state index contributed by atoms with van der Waals surface area (Å²) >= 11 is 0. The molecule has 7 heavy (non-hydrogen) atoms. The summed E-state index contributed by atoms with van der Waals surface area (Å²) in [6.07, 6.45) is 3.46. The van der Waals surface area contributed by atoms with Gasteiger partial charge < -0.3 is 0 Å². The molecule has 1 aliphatic heterocycles. The first-order valence-corrected chi connectivity index (χ1v) is 2.10. The maximum absolute atomic E-state index is 6.99. The van der Waals surface area contributed by atoms with Crippen molar-refractivity contribution >= 4 is 12.1 Å². The average Bonchev–Trinajstić information content (AvgIpc) is 1.91. The molecule has 0 aromatic carbocycles. The number of hydrogen-bond acceptors (Lipinski definition) is 1. The van der Waals surface area contributed by atoms with E-state index in [0.717, 1.165) is 5.57 Å². The van der Waals surface area contributed by atoms with Crippen molar-refractivity contribution in [3.63, 3.8) is 0 Å². The second-order valence-electron chi connectivity index (χ2n) is 1.48. The summed E-state index contributed by atoms with van der Waals surface area (Å²) in [5.74, 6) is 0.389. The summed E-state index contributed by atoms with van der Waals surface area (Å²) in [5, 5.41) is 6.99. The van der Waals surface area contributed by atoms with Crippen molar-refractivity contribution in [2.75, 3.05) is 0 Å². The molecule has 0 fully saturated rings. The Bertz CT molecular complexity index is 153. The van der Waals surface area contributed by atoms with E-state index in [1.165, 1.54) is 0 Å². The minimum atomic E-state index is 0.389. The molecular weight excluding hydrogens is 88.1 g/mol. The molecule has 1 heterocycles. The summed E-state index contributed by atoms with van der Waals surface area (Å²) in [6.45, 7) is 1.87. The Balaban J connectivity index is 2.89. The van der Waals surface area contributed by atoms with Crippen LogP contribution in [0.15, 0.2) is 16.6 Å². The fraction of sp³-hybridized carbons (Fsp3) is 0.200. The van der Waals surface area contributed by atoms with E-state index < -0.39 is 0 Å². The lowest BCUT2D eigenvalue weighted by Gasteiger charge is -1.83. The van der Waals surface area contributed by atoms with Gasteiger partial charge in [0, 0.05) is 6.21 Å². The van der Waals surface area contributed by atoms with Gasteiger partial charge in [-0.15, -0.1) is 0 Å². The van der Waals surface area contributed by atoms with Crippen LogP contribution in [0.4, 0.5) is 0 Å². The molecule has 0 radical (unpaired) electrons. The van der Waals surface area contributed by atoms with Crippen LogP contribution in [0.25, 0.3) is 0 Å². The van der Waals surface area contributed by atoms with Gasteiger partial charge in [0.15, 0.2) is 0 Å². The van der Waals surface area contributed by atoms with Crippen LogP contribution >= 0.6 is 0 Å². The molecule has 1 rings (SSSR count). The van der Waals surface area contributed by atoms with Gasteiger partial charge >= 0.3 is 0 Å². The predicted octanol–water partition coefficient (Wildman–Crippen LogP) is 0.994. The molecule has 2 nitrogen and oxygen atoms in total. The number of hydrogen-bond donors (Lipinski definition) is 1. The normalized spacial score (nSPS) is 17.9. The van der Waals surface area contributed by atoms with Crippen LogP contribution in [0.1, 0.15) is 6.92 Å². The van der Waals surface area contributed by atoms with E-state index in [9.17, 15) is 0 Å². The van der Waals surface area contributed by atoms with E-state index in [-0.39, 0.29) is 0 Å². The quantitative estimate of drug-likeness (QED) is 0.465. The minimum absolute atomic E-state index is 0.389. The maximum atomic E-state index is 6.99. The second-order valence-corrected chi connectivity index (χ2v) is 1.48. The number of rotatable bonds is 0. The minimum Gasteiger partial charge on any atom is -0.283 e. The Kier molecular flexibility index (Phi) is 0.785. The lowest BCUT2D eigenvalue weighted by molar-refractivity contribution is 1.42. The van der Waals surface area contributed by atoms with Gasteiger partial charge in [-0.25, -0.2) is 4.99 Å². The number of nitrogens with zero attached hydrogens (tertiary/aromatic N) is 1. The van der Waals surface area contributed by atoms with E-state index in [0.29, 0.717) is 5.84 Å². The third-order valence-electron chi connectivity index (χ3n) is 0.902. The molecule has 0 aromatic heterocycles. The molecule has 0 unspecified atom stereocenters. The molecule has 1 aliphatic rings. The Morgan fingerprint density at radius 2 is 2.43 bits per heavy atom. The molecule has 2 heteroatoms. The molecule has 1 N–H and O–H groups in total. The first kappa shape index (κ1) is 4.24. The molecule has 0 saturated carbocycles. The van der Waals surface area contributed by atoms with E-state index in [2.05, 4.69) is 4.99 Å². The van der Waals surface area contributed by atoms with Crippen LogP contribution in [0.2, 0.25) is 0 Å². The molecule has 0 bridgehead atoms. The Labute approximate surface area is 42.1 Å². The smallest absolute Gasteiger partial charge is 0.147 e. The van der Waals surface area contributed by atoms with Crippen molar-refractivity contribution in [2.24, 2.45) is 4.99 Å². The Hall–Kier alpha value is -0.920. The van der Waals surface area contributed by atoms with Crippen molar-refractivity contribution in [2.45, 2.75) is 6.92 Å². The number of aliphatic imine (C=N–C) groups is 1. The van der Waals surface area contributed by atoms with Crippen molar-refractivity contribution < 1.29 is 0 Å². The molecule has 0 spiro atoms. The van der Waals surface area contributed by atoms with Gasteiger partial charge in [-0.1, -0.05) is 0 Å². The third-order valence-corrected chi connectivity index (χ3v) is 0.902. The van der Waals surface area contributed by atoms with Crippen molar-refractivity contribution in [1.29, 1.82) is 5.41 Å². The molecule has 0 amide bonds. The molecule has 36 valence electrons. The van der Waals surface area contributed by atoms with E-state index in [1.807, 2.05) is 13.0 Å². The fourth-order valence-corrected chi connectivity index (χ4v) is 0.404. The molecule has 0 atom stereocenters. The summed E-state index contributed by atoms with van der Waals surface area (Å²) in [7, 11) is 0. The van der Waals surface area contributed by atoms with Crippen LogP contribution in [-0.2, 0) is 0 Å². The van der Waals surface area contributed by atoms with Crippen LogP contribution in [0.3, 0.4) is 0 Å². The summed E-state index contributed by atoms with van der Waals surface area (Å²) in [6, 6.07) is 0. The van der Waals surface area contributed by atoms with Gasteiger partial charge in [-0.3, -0.25) is 5.41 Å². The second kappa shape index (κ2) is 1.30. The number of amidine groups is 1. The standard InChI is InChI=1S/C5H6N2/c1-4-2-3-7-5(4)6/h2-3,6H,1H3. The maximum Gasteiger partial charge on any atom is 0.147 e. The molecular formula is C5H6N2. The summed E-state index contributed by atoms with van der Waals surface area (Å²) in [4.78, 5) is 3.68. The number of nitrogens with one attached hydrogen (secondary N) is 1. The summed E-state index contributed by atoms with van der Waals surface area (Å²) in [5.41, 5.74) is 0.944. The highest BCUT2D eigenvalue weighted by Crippen LogP contribution is 1.99. The van der Waals surface area contributed by atoms with Crippen molar-refractivity contribution in [3.8, 4) is 0 Å². The molecule has 0 saturated heterocycles. The Morgan fingerprint density at radius 3 is 2.57 bits per heavy atom. The van der Waals surface area contributed by atoms with Crippen molar-refractivity contribution in [1.82, 2.24) is 0 Å². The van der Waals surface area contributed by atoms with Gasteiger partial charge in [-0.05, 0) is 18.6 Å². The first-order valence-electron chi connectivity index (χ1n) is 2.10. The van der Waals surface area contributed by atoms with Gasteiger partial charge in [0.2, 0.25) is 0 Å². The lowest BCUT2D eigenvalue weighted by atomic mass is 10.3. The van der Waals surface area contributed by atoms with E-state index in [1.54, 1.807) is 6.21 Å². The largest absolute Gasteiger partial charge is 0.283 e. The topological polar surface area (TPSA) is 36.2 Å². The van der Waals surface area contributed by atoms with E-state index >= 15 is 0 Å². The third kappa shape index (κ3) is 0.585. The van der Waals surface area contributed by atoms with Crippen LogP contribution in [-0.4, -0.2) is 12.1 Å². The first-order chi connectivity index (χ1) is 3.30. The van der Waals surface area contributed by atoms with Crippen LogP contribution in [0.5, 0.6) is 0 Å². The molecule has 0 aromatic rings.